The quantitative estimate of drug-likeness (QED) is 0.367. The van der Waals surface area contributed by atoms with Gasteiger partial charge in [0, 0.05) is 17.3 Å². The standard InChI is InChI=1S/C23H18BrNO2/c1-16-6-5-11-25-21(16)13-19(22(25)14-26)18-9-10-23(20(24)12-18)27-15-17-7-3-2-4-8-17/h2-14H,15H2,1H3. The van der Waals surface area contributed by atoms with Gasteiger partial charge < -0.3 is 9.14 Å². The minimum Gasteiger partial charge on any atom is -0.488 e. The number of ether oxygens (including phenoxy) is 1. The van der Waals surface area contributed by atoms with Gasteiger partial charge in [-0.15, -0.1) is 0 Å². The molecular formula is C23H18BrNO2. The number of carbonyl (C=O) groups is 1. The van der Waals surface area contributed by atoms with Crippen molar-refractivity contribution in [1.29, 1.82) is 0 Å². The Labute approximate surface area is 166 Å². The van der Waals surface area contributed by atoms with Crippen LogP contribution in [0.1, 0.15) is 21.6 Å². The van der Waals surface area contributed by atoms with Crippen LogP contribution in [0.4, 0.5) is 0 Å². The molecule has 0 amide bonds. The molecule has 0 aliphatic carbocycles. The van der Waals surface area contributed by atoms with E-state index in [2.05, 4.69) is 22.0 Å². The highest BCUT2D eigenvalue weighted by molar-refractivity contribution is 9.10. The average Bonchev–Trinajstić information content (AvgIpc) is 3.08. The first-order valence-electron chi connectivity index (χ1n) is 8.70. The zero-order valence-corrected chi connectivity index (χ0v) is 16.4. The number of benzene rings is 2. The Morgan fingerprint density at radius 3 is 2.59 bits per heavy atom. The summed E-state index contributed by atoms with van der Waals surface area (Å²) in [5.74, 6) is 0.773. The number of hydrogen-bond acceptors (Lipinski definition) is 2. The molecule has 0 unspecified atom stereocenters. The van der Waals surface area contributed by atoms with Crippen LogP contribution in [0.3, 0.4) is 0 Å². The van der Waals surface area contributed by atoms with Crippen molar-refractivity contribution in [2.45, 2.75) is 13.5 Å². The fourth-order valence-electron chi connectivity index (χ4n) is 3.24. The molecule has 0 aliphatic rings. The highest BCUT2D eigenvalue weighted by Crippen LogP contribution is 2.34. The van der Waals surface area contributed by atoms with E-state index in [1.54, 1.807) is 0 Å². The molecule has 0 saturated heterocycles. The van der Waals surface area contributed by atoms with Crippen LogP contribution in [-0.4, -0.2) is 10.7 Å². The lowest BCUT2D eigenvalue weighted by molar-refractivity contribution is 0.111. The third-order valence-electron chi connectivity index (χ3n) is 4.65. The van der Waals surface area contributed by atoms with E-state index < -0.39 is 0 Å². The molecule has 2 aromatic heterocycles. The molecule has 4 rings (SSSR count). The van der Waals surface area contributed by atoms with Gasteiger partial charge in [0.1, 0.15) is 12.4 Å². The Bertz CT molecular complexity index is 1120. The van der Waals surface area contributed by atoms with Crippen molar-refractivity contribution in [3.05, 3.63) is 94.2 Å². The topological polar surface area (TPSA) is 30.7 Å². The molecule has 0 spiro atoms. The second-order valence-electron chi connectivity index (χ2n) is 6.43. The molecule has 27 heavy (non-hydrogen) atoms. The van der Waals surface area contributed by atoms with Crippen molar-refractivity contribution in [3.8, 4) is 16.9 Å². The SMILES string of the molecule is Cc1cccn2c(C=O)c(-c3ccc(OCc4ccccc4)c(Br)c3)cc12. The Hall–Kier alpha value is -2.85. The molecule has 0 radical (unpaired) electrons. The molecule has 0 aliphatic heterocycles. The van der Waals surface area contributed by atoms with E-state index in [1.807, 2.05) is 78.2 Å². The number of aryl methyl sites for hydroxylation is 1. The Morgan fingerprint density at radius 2 is 1.85 bits per heavy atom. The summed E-state index contributed by atoms with van der Waals surface area (Å²) in [6.07, 6.45) is 2.83. The zero-order valence-electron chi connectivity index (χ0n) is 14.9. The van der Waals surface area contributed by atoms with E-state index >= 15 is 0 Å². The van der Waals surface area contributed by atoms with Gasteiger partial charge in [0.25, 0.3) is 0 Å². The van der Waals surface area contributed by atoms with Crippen molar-refractivity contribution in [1.82, 2.24) is 4.40 Å². The Balaban J connectivity index is 1.67. The lowest BCUT2D eigenvalue weighted by atomic mass is 10.1. The zero-order chi connectivity index (χ0) is 18.8. The molecule has 0 N–H and O–H groups in total. The van der Waals surface area contributed by atoms with E-state index in [9.17, 15) is 4.79 Å². The van der Waals surface area contributed by atoms with Crippen LogP contribution < -0.4 is 4.74 Å². The summed E-state index contributed by atoms with van der Waals surface area (Å²) >= 11 is 3.60. The van der Waals surface area contributed by atoms with Crippen molar-refractivity contribution in [2.24, 2.45) is 0 Å². The van der Waals surface area contributed by atoms with Crippen molar-refractivity contribution >= 4 is 27.7 Å². The van der Waals surface area contributed by atoms with Gasteiger partial charge in [0.05, 0.1) is 10.2 Å². The van der Waals surface area contributed by atoms with Crippen LogP contribution in [0.2, 0.25) is 0 Å². The number of fused-ring (bicyclic) bond motifs is 1. The summed E-state index contributed by atoms with van der Waals surface area (Å²) < 4.78 is 8.72. The number of halogens is 1. The fourth-order valence-corrected chi connectivity index (χ4v) is 3.73. The number of nitrogens with zero attached hydrogens (tertiary/aromatic N) is 1. The van der Waals surface area contributed by atoms with Gasteiger partial charge in [-0.3, -0.25) is 4.79 Å². The van der Waals surface area contributed by atoms with Gasteiger partial charge in [0.2, 0.25) is 0 Å². The first-order chi connectivity index (χ1) is 13.2. The third-order valence-corrected chi connectivity index (χ3v) is 5.27. The lowest BCUT2D eigenvalue weighted by Gasteiger charge is -2.10. The number of aldehydes is 1. The van der Waals surface area contributed by atoms with E-state index in [0.717, 1.165) is 44.3 Å². The molecule has 0 atom stereocenters. The Morgan fingerprint density at radius 1 is 1.04 bits per heavy atom. The highest BCUT2D eigenvalue weighted by atomic mass is 79.9. The van der Waals surface area contributed by atoms with Crippen molar-refractivity contribution < 1.29 is 9.53 Å². The maximum Gasteiger partial charge on any atom is 0.167 e. The van der Waals surface area contributed by atoms with Crippen LogP contribution in [0.25, 0.3) is 16.6 Å². The molecule has 0 saturated carbocycles. The largest absolute Gasteiger partial charge is 0.488 e. The first-order valence-corrected chi connectivity index (χ1v) is 9.49. The van der Waals surface area contributed by atoms with Crippen LogP contribution in [0.15, 0.2) is 77.4 Å². The van der Waals surface area contributed by atoms with Crippen molar-refractivity contribution in [3.63, 3.8) is 0 Å². The van der Waals surface area contributed by atoms with Gasteiger partial charge in [-0.25, -0.2) is 0 Å². The van der Waals surface area contributed by atoms with E-state index in [0.29, 0.717) is 12.3 Å². The van der Waals surface area contributed by atoms with Crippen LogP contribution >= 0.6 is 15.9 Å². The minimum absolute atomic E-state index is 0.508. The maximum absolute atomic E-state index is 11.7. The summed E-state index contributed by atoms with van der Waals surface area (Å²) in [5, 5.41) is 0. The first kappa shape index (κ1) is 17.6. The van der Waals surface area contributed by atoms with E-state index in [-0.39, 0.29) is 0 Å². The maximum atomic E-state index is 11.7. The molecule has 3 nitrogen and oxygen atoms in total. The molecule has 2 aromatic carbocycles. The number of aromatic nitrogens is 1. The molecule has 2 heterocycles. The number of pyridine rings is 1. The average molecular weight is 420 g/mol. The summed E-state index contributed by atoms with van der Waals surface area (Å²) in [6.45, 7) is 2.55. The normalized spacial score (nSPS) is 10.9. The molecule has 4 heteroatoms. The van der Waals surface area contributed by atoms with Gasteiger partial charge >= 0.3 is 0 Å². The van der Waals surface area contributed by atoms with Gasteiger partial charge in [-0.05, 0) is 63.8 Å². The predicted molar refractivity (Wildman–Crippen MR) is 111 cm³/mol. The molecular weight excluding hydrogens is 402 g/mol. The predicted octanol–water partition coefficient (Wildman–Crippen LogP) is 6.07. The summed E-state index contributed by atoms with van der Waals surface area (Å²) in [5.41, 5.74) is 5.82. The monoisotopic (exact) mass is 419 g/mol. The molecule has 0 fully saturated rings. The van der Waals surface area contributed by atoms with Crippen LogP contribution in [0, 0.1) is 6.92 Å². The van der Waals surface area contributed by atoms with Gasteiger partial charge in [0.15, 0.2) is 6.29 Å². The minimum atomic E-state index is 0.508. The fraction of sp³-hybridized carbons (Fsp3) is 0.0870. The lowest BCUT2D eigenvalue weighted by Crippen LogP contribution is -1.96. The van der Waals surface area contributed by atoms with Gasteiger partial charge in [-0.2, -0.15) is 0 Å². The van der Waals surface area contributed by atoms with E-state index in [4.69, 9.17) is 4.74 Å². The number of carbonyl (C=O) groups excluding carboxylic acids is 1. The van der Waals surface area contributed by atoms with Crippen LogP contribution in [-0.2, 0) is 6.61 Å². The molecule has 134 valence electrons. The second-order valence-corrected chi connectivity index (χ2v) is 7.28. The number of rotatable bonds is 5. The summed E-state index contributed by atoms with van der Waals surface area (Å²) in [4.78, 5) is 11.7. The summed E-state index contributed by atoms with van der Waals surface area (Å²) in [7, 11) is 0. The smallest absolute Gasteiger partial charge is 0.167 e. The summed E-state index contributed by atoms with van der Waals surface area (Å²) in [6, 6.07) is 22.0. The second kappa shape index (κ2) is 7.41. The van der Waals surface area contributed by atoms with Crippen molar-refractivity contribution in [2.75, 3.05) is 0 Å². The number of hydrogen-bond donors (Lipinski definition) is 0. The Kier molecular flexibility index (Phi) is 4.82. The van der Waals surface area contributed by atoms with Crippen LogP contribution in [0.5, 0.6) is 5.75 Å². The van der Waals surface area contributed by atoms with E-state index in [1.165, 1.54) is 0 Å². The highest BCUT2D eigenvalue weighted by Gasteiger charge is 2.14. The third kappa shape index (κ3) is 3.40. The molecule has 0 bridgehead atoms. The molecule has 4 aromatic rings. The van der Waals surface area contributed by atoms with Gasteiger partial charge in [-0.1, -0.05) is 42.5 Å².